The molecule has 1 aliphatic heterocycles. The molecule has 1 saturated heterocycles. The van der Waals surface area contributed by atoms with Crippen LogP contribution in [0.1, 0.15) is 5.69 Å². The first kappa shape index (κ1) is 12.8. The number of rotatable bonds is 4. The lowest BCUT2D eigenvalue weighted by Gasteiger charge is -2.10. The van der Waals surface area contributed by atoms with Crippen LogP contribution < -0.4 is 0 Å². The highest BCUT2D eigenvalue weighted by molar-refractivity contribution is 8.18. The summed E-state index contributed by atoms with van der Waals surface area (Å²) in [5.74, 6) is -0.285. The van der Waals surface area contributed by atoms with E-state index in [1.165, 1.54) is 12.0 Å². The van der Waals surface area contributed by atoms with E-state index in [9.17, 15) is 9.59 Å². The van der Waals surface area contributed by atoms with Crippen molar-refractivity contribution in [2.24, 2.45) is 0 Å². The lowest BCUT2D eigenvalue weighted by molar-refractivity contribution is -0.123. The molecule has 0 aliphatic carbocycles. The minimum atomic E-state index is -0.285. The van der Waals surface area contributed by atoms with Crippen LogP contribution >= 0.6 is 11.8 Å². The number of thioether (sulfide) groups is 1. The summed E-state index contributed by atoms with van der Waals surface area (Å²) < 4.78 is 4.87. The van der Waals surface area contributed by atoms with Crippen molar-refractivity contribution in [1.82, 2.24) is 9.88 Å². The van der Waals surface area contributed by atoms with Crippen molar-refractivity contribution < 1.29 is 14.3 Å². The summed E-state index contributed by atoms with van der Waals surface area (Å²) in [4.78, 5) is 29.3. The van der Waals surface area contributed by atoms with Crippen molar-refractivity contribution in [2.75, 3.05) is 20.3 Å². The largest absolute Gasteiger partial charge is 0.383 e. The molecule has 18 heavy (non-hydrogen) atoms. The SMILES string of the molecule is COCCN1C(=O)S/C(=C\c2ccccn2)C1=O. The predicted molar refractivity (Wildman–Crippen MR) is 68.8 cm³/mol. The molecule has 0 unspecified atom stereocenters. The van der Waals surface area contributed by atoms with Gasteiger partial charge in [0, 0.05) is 13.3 Å². The minimum Gasteiger partial charge on any atom is -0.383 e. The first-order valence-corrected chi connectivity index (χ1v) is 6.19. The van der Waals surface area contributed by atoms with Crippen LogP contribution in [-0.2, 0) is 9.53 Å². The number of aromatic nitrogens is 1. The Morgan fingerprint density at radius 2 is 2.28 bits per heavy atom. The minimum absolute atomic E-state index is 0.265. The van der Waals surface area contributed by atoms with E-state index in [0.29, 0.717) is 17.2 Å². The fourth-order valence-corrected chi connectivity index (χ4v) is 2.32. The second-order valence-corrected chi connectivity index (χ2v) is 4.57. The average Bonchev–Trinajstić information content (AvgIpc) is 2.64. The summed E-state index contributed by atoms with van der Waals surface area (Å²) in [5.41, 5.74) is 0.662. The van der Waals surface area contributed by atoms with Gasteiger partial charge in [-0.05, 0) is 30.0 Å². The third-order valence-electron chi connectivity index (χ3n) is 2.36. The molecule has 1 aliphatic rings. The number of amides is 2. The zero-order valence-corrected chi connectivity index (χ0v) is 10.6. The molecule has 1 fully saturated rings. The molecule has 0 spiro atoms. The van der Waals surface area contributed by atoms with E-state index in [0.717, 1.165) is 11.8 Å². The number of methoxy groups -OCH3 is 1. The van der Waals surface area contributed by atoms with Gasteiger partial charge in [-0.2, -0.15) is 0 Å². The molecule has 2 heterocycles. The molecule has 0 saturated carbocycles. The Morgan fingerprint density at radius 1 is 1.44 bits per heavy atom. The monoisotopic (exact) mass is 264 g/mol. The molecule has 6 heteroatoms. The van der Waals surface area contributed by atoms with Gasteiger partial charge in [0.2, 0.25) is 0 Å². The van der Waals surface area contributed by atoms with Crippen LogP contribution in [0.5, 0.6) is 0 Å². The van der Waals surface area contributed by atoms with Gasteiger partial charge in [-0.15, -0.1) is 0 Å². The third kappa shape index (κ3) is 2.77. The summed E-state index contributed by atoms with van der Waals surface area (Å²) in [5, 5.41) is -0.265. The summed E-state index contributed by atoms with van der Waals surface area (Å²) in [6.07, 6.45) is 3.26. The van der Waals surface area contributed by atoms with E-state index in [4.69, 9.17) is 4.74 Å². The number of carbonyl (C=O) groups is 2. The lowest BCUT2D eigenvalue weighted by Crippen LogP contribution is -2.31. The van der Waals surface area contributed by atoms with Gasteiger partial charge in [0.1, 0.15) is 0 Å². The van der Waals surface area contributed by atoms with Crippen molar-refractivity contribution in [3.8, 4) is 0 Å². The Kier molecular flexibility index (Phi) is 4.11. The van der Waals surface area contributed by atoms with Crippen LogP contribution in [0.15, 0.2) is 29.3 Å². The van der Waals surface area contributed by atoms with Crippen LogP contribution in [-0.4, -0.2) is 41.3 Å². The van der Waals surface area contributed by atoms with Crippen LogP contribution in [0.3, 0.4) is 0 Å². The number of pyridine rings is 1. The Morgan fingerprint density at radius 3 is 2.94 bits per heavy atom. The van der Waals surface area contributed by atoms with E-state index < -0.39 is 0 Å². The smallest absolute Gasteiger partial charge is 0.293 e. The lowest BCUT2D eigenvalue weighted by atomic mass is 10.3. The Balaban J connectivity index is 2.15. The van der Waals surface area contributed by atoms with Crippen molar-refractivity contribution in [2.45, 2.75) is 0 Å². The highest BCUT2D eigenvalue weighted by Gasteiger charge is 2.34. The van der Waals surface area contributed by atoms with Gasteiger partial charge in [-0.3, -0.25) is 19.5 Å². The van der Waals surface area contributed by atoms with E-state index in [1.807, 2.05) is 6.07 Å². The number of hydrogen-bond acceptors (Lipinski definition) is 5. The number of nitrogens with zero attached hydrogens (tertiary/aromatic N) is 2. The first-order chi connectivity index (χ1) is 8.72. The van der Waals surface area contributed by atoms with Gasteiger partial charge in [-0.25, -0.2) is 0 Å². The standard InChI is InChI=1S/C12H12N2O3S/c1-17-7-6-14-11(15)10(18-12(14)16)8-9-4-2-3-5-13-9/h2-5,8H,6-7H2,1H3/b10-8-. The Bertz CT molecular complexity index is 487. The number of imide groups is 1. The molecular formula is C12H12N2O3S. The summed E-state index contributed by atoms with van der Waals surface area (Å²) >= 11 is 0.930. The predicted octanol–water partition coefficient (Wildman–Crippen LogP) is 1.76. The number of ether oxygens (including phenoxy) is 1. The Hall–Kier alpha value is -1.66. The van der Waals surface area contributed by atoms with Crippen molar-refractivity contribution in [3.63, 3.8) is 0 Å². The summed E-state index contributed by atoms with van der Waals surface area (Å²) in [6, 6.07) is 5.40. The van der Waals surface area contributed by atoms with E-state index in [2.05, 4.69) is 4.98 Å². The van der Waals surface area contributed by atoms with Crippen LogP contribution in [0.4, 0.5) is 4.79 Å². The first-order valence-electron chi connectivity index (χ1n) is 5.37. The summed E-state index contributed by atoms with van der Waals surface area (Å²) in [6.45, 7) is 0.621. The van der Waals surface area contributed by atoms with Gasteiger partial charge >= 0.3 is 0 Å². The maximum atomic E-state index is 12.0. The topological polar surface area (TPSA) is 59.5 Å². The fraction of sp³-hybridized carbons (Fsp3) is 0.250. The third-order valence-corrected chi connectivity index (χ3v) is 3.27. The van der Waals surface area contributed by atoms with Gasteiger partial charge in [-0.1, -0.05) is 6.07 Å². The second kappa shape index (κ2) is 5.79. The fourth-order valence-electron chi connectivity index (χ4n) is 1.47. The Labute approximate surface area is 109 Å². The second-order valence-electron chi connectivity index (χ2n) is 3.58. The highest BCUT2D eigenvalue weighted by Crippen LogP contribution is 2.31. The molecule has 1 aromatic heterocycles. The van der Waals surface area contributed by atoms with Crippen LogP contribution in [0, 0.1) is 0 Å². The molecule has 2 amide bonds. The molecule has 94 valence electrons. The zero-order chi connectivity index (χ0) is 13.0. The normalized spacial score (nSPS) is 17.8. The molecule has 0 atom stereocenters. The number of hydrogen-bond donors (Lipinski definition) is 0. The molecule has 0 aromatic carbocycles. The molecule has 5 nitrogen and oxygen atoms in total. The molecule has 0 N–H and O–H groups in total. The van der Waals surface area contributed by atoms with E-state index in [1.54, 1.807) is 24.4 Å². The maximum absolute atomic E-state index is 12.0. The van der Waals surface area contributed by atoms with Crippen molar-refractivity contribution in [3.05, 3.63) is 35.0 Å². The van der Waals surface area contributed by atoms with Gasteiger partial charge in [0.15, 0.2) is 0 Å². The van der Waals surface area contributed by atoms with Gasteiger partial charge in [0.25, 0.3) is 11.1 Å². The van der Waals surface area contributed by atoms with E-state index >= 15 is 0 Å². The summed E-state index contributed by atoms with van der Waals surface area (Å²) in [7, 11) is 1.53. The van der Waals surface area contributed by atoms with Crippen molar-refractivity contribution in [1.29, 1.82) is 0 Å². The number of carbonyl (C=O) groups excluding carboxylic acids is 2. The van der Waals surface area contributed by atoms with E-state index in [-0.39, 0.29) is 17.7 Å². The average molecular weight is 264 g/mol. The van der Waals surface area contributed by atoms with Gasteiger partial charge in [0.05, 0.1) is 23.8 Å². The molecule has 0 bridgehead atoms. The zero-order valence-electron chi connectivity index (χ0n) is 9.83. The van der Waals surface area contributed by atoms with Crippen LogP contribution in [0.25, 0.3) is 6.08 Å². The quantitative estimate of drug-likeness (QED) is 0.776. The van der Waals surface area contributed by atoms with Crippen molar-refractivity contribution >= 4 is 29.0 Å². The van der Waals surface area contributed by atoms with Crippen LogP contribution in [0.2, 0.25) is 0 Å². The molecule has 2 rings (SSSR count). The van der Waals surface area contributed by atoms with Gasteiger partial charge < -0.3 is 4.74 Å². The highest BCUT2D eigenvalue weighted by atomic mass is 32.2. The molecular weight excluding hydrogens is 252 g/mol. The molecule has 1 aromatic rings. The maximum Gasteiger partial charge on any atom is 0.293 e. The molecule has 0 radical (unpaired) electrons.